The number of hydrogen-bond donors (Lipinski definition) is 1. The molecule has 1 aliphatic heterocycles. The van der Waals surface area contributed by atoms with Crippen LogP contribution < -0.4 is 5.32 Å². The lowest BCUT2D eigenvalue weighted by atomic mass is 10.0. The molecular formula is C41H29N3. The van der Waals surface area contributed by atoms with Crippen molar-refractivity contribution in [2.75, 3.05) is 6.54 Å². The maximum atomic E-state index is 3.51. The van der Waals surface area contributed by atoms with Crippen LogP contribution >= 0.6 is 0 Å². The van der Waals surface area contributed by atoms with E-state index in [1.165, 1.54) is 66.0 Å². The molecule has 208 valence electrons. The van der Waals surface area contributed by atoms with Crippen molar-refractivity contribution in [2.45, 2.75) is 0 Å². The van der Waals surface area contributed by atoms with Crippen LogP contribution in [-0.2, 0) is 0 Å². The lowest BCUT2D eigenvalue weighted by Crippen LogP contribution is -2.14. The Hall–Kier alpha value is -5.80. The number of dihydropyridines is 1. The Morgan fingerprint density at radius 1 is 0.432 bits per heavy atom. The molecule has 1 N–H and O–H groups in total. The maximum Gasteiger partial charge on any atom is 0.0541 e. The van der Waals surface area contributed by atoms with E-state index in [0.29, 0.717) is 0 Å². The van der Waals surface area contributed by atoms with E-state index in [1.807, 2.05) is 0 Å². The Bertz CT molecular complexity index is 2440. The number of para-hydroxylation sites is 3. The van der Waals surface area contributed by atoms with Crippen molar-refractivity contribution < 1.29 is 0 Å². The van der Waals surface area contributed by atoms with Gasteiger partial charge < -0.3 is 14.5 Å². The molecule has 0 fully saturated rings. The zero-order valence-electron chi connectivity index (χ0n) is 24.1. The maximum absolute atomic E-state index is 3.51. The minimum absolute atomic E-state index is 0.854. The third-order valence-corrected chi connectivity index (χ3v) is 8.92. The molecule has 6 aromatic carbocycles. The number of fused-ring (bicyclic) bond motifs is 6. The molecular weight excluding hydrogens is 534 g/mol. The normalized spacial score (nSPS) is 13.1. The van der Waals surface area contributed by atoms with Crippen LogP contribution in [0.4, 0.5) is 0 Å². The predicted molar refractivity (Wildman–Crippen MR) is 186 cm³/mol. The SMILES string of the molecule is C1=CCNC(c2cccc(-n3c4ccccc4c4cc(-c5ccc6c(c5)c5ccccc5n6-c5ccccc5)ccc43)c2)=C1. The second kappa shape index (κ2) is 9.89. The van der Waals surface area contributed by atoms with Crippen molar-refractivity contribution in [1.82, 2.24) is 14.5 Å². The van der Waals surface area contributed by atoms with Gasteiger partial charge in [0.1, 0.15) is 0 Å². The summed E-state index contributed by atoms with van der Waals surface area (Å²) in [5, 5.41) is 8.56. The van der Waals surface area contributed by atoms with Gasteiger partial charge in [0.05, 0.1) is 22.1 Å². The first kappa shape index (κ1) is 24.8. The summed E-state index contributed by atoms with van der Waals surface area (Å²) in [5.74, 6) is 0. The zero-order valence-corrected chi connectivity index (χ0v) is 24.1. The van der Waals surface area contributed by atoms with Gasteiger partial charge >= 0.3 is 0 Å². The van der Waals surface area contributed by atoms with Crippen molar-refractivity contribution in [3.8, 4) is 22.5 Å². The highest BCUT2D eigenvalue weighted by molar-refractivity contribution is 6.12. The Balaban J connectivity index is 1.22. The fourth-order valence-corrected chi connectivity index (χ4v) is 6.91. The molecule has 0 spiro atoms. The molecule has 2 aromatic heterocycles. The summed E-state index contributed by atoms with van der Waals surface area (Å²) in [6, 6.07) is 50.8. The molecule has 0 atom stereocenters. The minimum Gasteiger partial charge on any atom is -0.381 e. The van der Waals surface area contributed by atoms with Crippen molar-refractivity contribution in [2.24, 2.45) is 0 Å². The van der Waals surface area contributed by atoms with Crippen LogP contribution in [0.1, 0.15) is 5.56 Å². The third-order valence-electron chi connectivity index (χ3n) is 8.92. The van der Waals surface area contributed by atoms with E-state index in [0.717, 1.165) is 17.9 Å². The summed E-state index contributed by atoms with van der Waals surface area (Å²) in [6.45, 7) is 0.854. The lowest BCUT2D eigenvalue weighted by Gasteiger charge is -2.15. The number of benzene rings is 6. The fourth-order valence-electron chi connectivity index (χ4n) is 6.91. The number of rotatable bonds is 4. The second-order valence-corrected chi connectivity index (χ2v) is 11.4. The van der Waals surface area contributed by atoms with Gasteiger partial charge in [0, 0.05) is 45.2 Å². The molecule has 0 bridgehead atoms. The van der Waals surface area contributed by atoms with Crippen LogP contribution in [0.25, 0.3) is 71.8 Å². The van der Waals surface area contributed by atoms with Crippen molar-refractivity contribution in [3.05, 3.63) is 163 Å². The molecule has 1 aliphatic rings. The quantitative estimate of drug-likeness (QED) is 0.226. The molecule has 0 saturated carbocycles. The van der Waals surface area contributed by atoms with Gasteiger partial charge in [-0.05, 0) is 83.4 Å². The summed E-state index contributed by atoms with van der Waals surface area (Å²) in [5.41, 5.74) is 12.0. The first-order valence-electron chi connectivity index (χ1n) is 15.2. The highest BCUT2D eigenvalue weighted by Crippen LogP contribution is 2.38. The molecule has 9 rings (SSSR count). The minimum atomic E-state index is 0.854. The number of nitrogens with one attached hydrogen (secondary N) is 1. The van der Waals surface area contributed by atoms with Crippen LogP contribution in [0, 0.1) is 0 Å². The molecule has 3 nitrogen and oxygen atoms in total. The van der Waals surface area contributed by atoms with Crippen LogP contribution in [0.2, 0.25) is 0 Å². The summed E-state index contributed by atoms with van der Waals surface area (Å²) in [4.78, 5) is 0. The lowest BCUT2D eigenvalue weighted by molar-refractivity contribution is 0.994. The summed E-state index contributed by atoms with van der Waals surface area (Å²) in [6.07, 6.45) is 6.41. The van der Waals surface area contributed by atoms with E-state index in [2.05, 4.69) is 172 Å². The molecule has 44 heavy (non-hydrogen) atoms. The summed E-state index contributed by atoms with van der Waals surface area (Å²) < 4.78 is 4.77. The fraction of sp³-hybridized carbons (Fsp3) is 0.0244. The third kappa shape index (κ3) is 3.83. The second-order valence-electron chi connectivity index (χ2n) is 11.4. The summed E-state index contributed by atoms with van der Waals surface area (Å²) in [7, 11) is 0. The highest BCUT2D eigenvalue weighted by Gasteiger charge is 2.16. The van der Waals surface area contributed by atoms with Crippen LogP contribution in [0.15, 0.2) is 158 Å². The van der Waals surface area contributed by atoms with Gasteiger partial charge in [0.15, 0.2) is 0 Å². The van der Waals surface area contributed by atoms with Crippen LogP contribution in [0.5, 0.6) is 0 Å². The number of hydrogen-bond acceptors (Lipinski definition) is 1. The van der Waals surface area contributed by atoms with Gasteiger partial charge in [-0.2, -0.15) is 0 Å². The van der Waals surface area contributed by atoms with Crippen molar-refractivity contribution in [3.63, 3.8) is 0 Å². The van der Waals surface area contributed by atoms with E-state index in [1.54, 1.807) is 0 Å². The highest BCUT2D eigenvalue weighted by atomic mass is 15.0. The van der Waals surface area contributed by atoms with Gasteiger partial charge in [-0.3, -0.25) is 0 Å². The largest absolute Gasteiger partial charge is 0.381 e. The van der Waals surface area contributed by atoms with Gasteiger partial charge in [-0.15, -0.1) is 0 Å². The molecule has 0 amide bonds. The Labute approximate surface area is 255 Å². The van der Waals surface area contributed by atoms with E-state index < -0.39 is 0 Å². The van der Waals surface area contributed by atoms with Gasteiger partial charge in [0.2, 0.25) is 0 Å². The first-order chi connectivity index (χ1) is 21.8. The molecule has 0 aliphatic carbocycles. The van der Waals surface area contributed by atoms with Gasteiger partial charge in [-0.25, -0.2) is 0 Å². The summed E-state index contributed by atoms with van der Waals surface area (Å²) >= 11 is 0. The standard InChI is InChI=1S/C41H29N3/c1-2-12-31(13-3-1)43-38-18-6-4-15-33(38)35-26-28(20-22-40(35)43)29-21-23-41-36(27-29)34-16-5-7-19-39(34)44(41)32-14-10-11-30(25-32)37-17-8-9-24-42-37/h1-23,25-27,42H,24H2. The average Bonchev–Trinajstić information content (AvgIpc) is 3.61. The first-order valence-corrected chi connectivity index (χ1v) is 15.2. The Kier molecular flexibility index (Phi) is 5.57. The molecule has 3 heteroatoms. The average molecular weight is 564 g/mol. The molecule has 0 unspecified atom stereocenters. The smallest absolute Gasteiger partial charge is 0.0541 e. The molecule has 0 saturated heterocycles. The van der Waals surface area contributed by atoms with Crippen LogP contribution in [0.3, 0.4) is 0 Å². The topological polar surface area (TPSA) is 21.9 Å². The number of allylic oxidation sites excluding steroid dienone is 2. The number of nitrogens with zero attached hydrogens (tertiary/aromatic N) is 2. The van der Waals surface area contributed by atoms with Crippen molar-refractivity contribution in [1.29, 1.82) is 0 Å². The molecule has 8 aromatic rings. The van der Waals surface area contributed by atoms with E-state index in [-0.39, 0.29) is 0 Å². The zero-order chi connectivity index (χ0) is 29.0. The molecule has 3 heterocycles. The van der Waals surface area contributed by atoms with E-state index in [4.69, 9.17) is 0 Å². The van der Waals surface area contributed by atoms with E-state index >= 15 is 0 Å². The Morgan fingerprint density at radius 2 is 1.00 bits per heavy atom. The van der Waals surface area contributed by atoms with Crippen molar-refractivity contribution >= 4 is 49.3 Å². The monoisotopic (exact) mass is 563 g/mol. The van der Waals surface area contributed by atoms with E-state index in [9.17, 15) is 0 Å². The Morgan fingerprint density at radius 3 is 1.64 bits per heavy atom. The number of aromatic nitrogens is 2. The molecule has 0 radical (unpaired) electrons. The van der Waals surface area contributed by atoms with Crippen LogP contribution in [-0.4, -0.2) is 15.7 Å². The van der Waals surface area contributed by atoms with Gasteiger partial charge in [-0.1, -0.05) is 91.0 Å². The van der Waals surface area contributed by atoms with Gasteiger partial charge in [0.25, 0.3) is 0 Å². The predicted octanol–water partition coefficient (Wildman–Crippen LogP) is 10.0.